The number of hydrogen-bond donors (Lipinski definition) is 1. The smallest absolute Gasteiger partial charge is 0.307 e. The Labute approximate surface area is 125 Å². The second-order valence-electron chi connectivity index (χ2n) is 7.34. The number of benzene rings is 1. The molecule has 4 aliphatic carbocycles. The van der Waals surface area contributed by atoms with Crippen LogP contribution in [-0.4, -0.2) is 18.2 Å². The van der Waals surface area contributed by atoms with Gasteiger partial charge in [0.1, 0.15) is 5.75 Å². The molecule has 0 saturated heterocycles. The summed E-state index contributed by atoms with van der Waals surface area (Å²) in [6.45, 7) is 0. The predicted octanol–water partition coefficient (Wildman–Crippen LogP) is 3.47. The molecule has 3 nitrogen and oxygen atoms in total. The summed E-state index contributed by atoms with van der Waals surface area (Å²) in [5.74, 6) is 1.75. The molecule has 5 atom stereocenters. The van der Waals surface area contributed by atoms with Crippen LogP contribution in [-0.2, 0) is 10.2 Å². The first-order valence-corrected chi connectivity index (χ1v) is 7.99. The van der Waals surface area contributed by atoms with Crippen LogP contribution in [0.15, 0.2) is 24.3 Å². The summed E-state index contributed by atoms with van der Waals surface area (Å²) in [6, 6.07) is 8.48. The molecule has 0 amide bonds. The molecule has 3 heteroatoms. The number of carbonyl (C=O) groups is 1. The third-order valence-corrected chi connectivity index (χ3v) is 6.26. The van der Waals surface area contributed by atoms with Gasteiger partial charge in [0, 0.05) is 0 Å². The molecule has 3 unspecified atom stereocenters. The van der Waals surface area contributed by atoms with Crippen molar-refractivity contribution in [3.05, 3.63) is 29.8 Å². The van der Waals surface area contributed by atoms with E-state index in [1.807, 2.05) is 12.1 Å². The van der Waals surface area contributed by atoms with Crippen LogP contribution in [0.4, 0.5) is 0 Å². The van der Waals surface area contributed by atoms with Crippen LogP contribution >= 0.6 is 0 Å². The van der Waals surface area contributed by atoms with Gasteiger partial charge in [0.2, 0.25) is 0 Å². The molecule has 1 aromatic carbocycles. The highest BCUT2D eigenvalue weighted by Gasteiger charge is 2.57. The first-order chi connectivity index (χ1) is 10.1. The van der Waals surface area contributed by atoms with E-state index in [2.05, 4.69) is 12.1 Å². The molecule has 4 bridgehead atoms. The maximum absolute atomic E-state index is 11.6. The van der Waals surface area contributed by atoms with Crippen molar-refractivity contribution in [2.75, 3.05) is 7.11 Å². The summed E-state index contributed by atoms with van der Waals surface area (Å²) < 4.78 is 5.26. The first kappa shape index (κ1) is 13.2. The van der Waals surface area contributed by atoms with Crippen molar-refractivity contribution in [3.8, 4) is 5.75 Å². The Morgan fingerprint density at radius 3 is 2.29 bits per heavy atom. The highest BCUT2D eigenvalue weighted by atomic mass is 16.5. The van der Waals surface area contributed by atoms with Crippen molar-refractivity contribution in [2.24, 2.45) is 23.7 Å². The number of ether oxygens (including phenoxy) is 1. The van der Waals surface area contributed by atoms with Crippen LogP contribution in [0.2, 0.25) is 0 Å². The van der Waals surface area contributed by atoms with E-state index in [-0.39, 0.29) is 11.3 Å². The number of rotatable bonds is 3. The summed E-state index contributed by atoms with van der Waals surface area (Å²) in [4.78, 5) is 11.6. The molecule has 21 heavy (non-hydrogen) atoms. The van der Waals surface area contributed by atoms with Gasteiger partial charge in [-0.2, -0.15) is 0 Å². The van der Waals surface area contributed by atoms with Crippen LogP contribution in [0, 0.1) is 23.7 Å². The third-order valence-electron chi connectivity index (χ3n) is 6.26. The number of hydrogen-bond acceptors (Lipinski definition) is 2. The summed E-state index contributed by atoms with van der Waals surface area (Å²) >= 11 is 0. The second-order valence-corrected chi connectivity index (χ2v) is 7.34. The lowest BCUT2D eigenvalue weighted by Crippen LogP contribution is -2.54. The predicted molar refractivity (Wildman–Crippen MR) is 79.4 cm³/mol. The maximum atomic E-state index is 11.6. The molecule has 0 radical (unpaired) electrons. The van der Waals surface area contributed by atoms with Crippen LogP contribution in [0.3, 0.4) is 0 Å². The first-order valence-electron chi connectivity index (χ1n) is 7.99. The fraction of sp³-hybridized carbons (Fsp3) is 0.611. The van der Waals surface area contributed by atoms with Gasteiger partial charge in [-0.3, -0.25) is 4.79 Å². The topological polar surface area (TPSA) is 46.5 Å². The van der Waals surface area contributed by atoms with Gasteiger partial charge in [-0.1, -0.05) is 12.1 Å². The van der Waals surface area contributed by atoms with Gasteiger partial charge < -0.3 is 9.84 Å². The summed E-state index contributed by atoms with van der Waals surface area (Å²) in [6.07, 6.45) is 5.63. The number of aliphatic carboxylic acids is 1. The Hall–Kier alpha value is -1.51. The van der Waals surface area contributed by atoms with Gasteiger partial charge in [0.05, 0.1) is 13.0 Å². The average Bonchev–Trinajstić information content (AvgIpc) is 2.46. The number of methoxy groups -OCH3 is 1. The van der Waals surface area contributed by atoms with Crippen LogP contribution < -0.4 is 4.74 Å². The van der Waals surface area contributed by atoms with E-state index in [4.69, 9.17) is 4.74 Å². The molecule has 112 valence electrons. The van der Waals surface area contributed by atoms with Crippen LogP contribution in [0.1, 0.15) is 37.7 Å². The summed E-state index contributed by atoms with van der Waals surface area (Å²) in [7, 11) is 1.69. The highest BCUT2D eigenvalue weighted by Crippen LogP contribution is 2.62. The molecule has 0 aromatic heterocycles. The number of carboxylic acid groups (broad SMARTS) is 1. The Morgan fingerprint density at radius 1 is 1.14 bits per heavy atom. The molecule has 4 fully saturated rings. The molecule has 0 spiro atoms. The van der Waals surface area contributed by atoms with Gasteiger partial charge >= 0.3 is 5.97 Å². The zero-order chi connectivity index (χ0) is 14.6. The Kier molecular flexibility index (Phi) is 2.82. The highest BCUT2D eigenvalue weighted by molar-refractivity contribution is 5.71. The molecular weight excluding hydrogens is 264 g/mol. The molecule has 4 aliphatic rings. The van der Waals surface area contributed by atoms with Crippen molar-refractivity contribution in [2.45, 2.75) is 37.5 Å². The van der Waals surface area contributed by atoms with Gasteiger partial charge in [0.15, 0.2) is 0 Å². The summed E-state index contributed by atoms with van der Waals surface area (Å²) in [5.41, 5.74) is 1.63. The van der Waals surface area contributed by atoms with E-state index in [1.165, 1.54) is 12.0 Å². The van der Waals surface area contributed by atoms with Gasteiger partial charge in [-0.05, 0) is 73.0 Å². The molecule has 4 saturated carbocycles. The largest absolute Gasteiger partial charge is 0.497 e. The SMILES string of the molecule is COc1ccc(C23CC4C[C@H](C2)C(C(=O)O)[C@@H](C4)C3)cc1. The molecule has 5 rings (SSSR count). The van der Waals surface area contributed by atoms with E-state index in [1.54, 1.807) is 7.11 Å². The van der Waals surface area contributed by atoms with E-state index >= 15 is 0 Å². The van der Waals surface area contributed by atoms with E-state index in [0.717, 1.165) is 37.4 Å². The fourth-order valence-corrected chi connectivity index (χ4v) is 5.73. The fourth-order valence-electron chi connectivity index (χ4n) is 5.73. The standard InChI is InChI=1S/C18H22O3/c1-21-15-4-2-14(3-5-15)18-8-11-6-12(9-18)16(17(19)20)13(7-11)10-18/h2-5,11-13,16H,6-10H2,1H3,(H,19,20)/t11?,12-,13+,16?,18?. The third kappa shape index (κ3) is 1.90. The van der Waals surface area contributed by atoms with E-state index in [0.29, 0.717) is 11.8 Å². The minimum Gasteiger partial charge on any atom is -0.497 e. The van der Waals surface area contributed by atoms with Gasteiger partial charge in [-0.25, -0.2) is 0 Å². The van der Waals surface area contributed by atoms with Crippen LogP contribution in [0.25, 0.3) is 0 Å². The zero-order valence-electron chi connectivity index (χ0n) is 12.4. The molecule has 1 N–H and O–H groups in total. The molecule has 0 heterocycles. The van der Waals surface area contributed by atoms with Crippen molar-refractivity contribution in [1.29, 1.82) is 0 Å². The minimum atomic E-state index is -0.561. The normalized spacial score (nSPS) is 40.2. The number of carboxylic acids is 1. The monoisotopic (exact) mass is 286 g/mol. The van der Waals surface area contributed by atoms with Crippen LogP contribution in [0.5, 0.6) is 5.75 Å². The zero-order valence-corrected chi connectivity index (χ0v) is 12.4. The lowest BCUT2D eigenvalue weighted by molar-refractivity contribution is -0.157. The van der Waals surface area contributed by atoms with Crippen molar-refractivity contribution >= 4 is 5.97 Å². The Bertz CT molecular complexity index is 546. The van der Waals surface area contributed by atoms with Gasteiger partial charge in [-0.15, -0.1) is 0 Å². The summed E-state index contributed by atoms with van der Waals surface area (Å²) in [5, 5.41) is 9.55. The van der Waals surface area contributed by atoms with E-state index < -0.39 is 5.97 Å². The van der Waals surface area contributed by atoms with Crippen molar-refractivity contribution in [3.63, 3.8) is 0 Å². The lowest BCUT2D eigenvalue weighted by Gasteiger charge is -2.59. The molecule has 0 aliphatic heterocycles. The average molecular weight is 286 g/mol. The second kappa shape index (κ2) is 4.49. The Balaban J connectivity index is 1.68. The Morgan fingerprint density at radius 2 is 1.76 bits per heavy atom. The quantitative estimate of drug-likeness (QED) is 0.925. The van der Waals surface area contributed by atoms with Crippen molar-refractivity contribution in [1.82, 2.24) is 0 Å². The van der Waals surface area contributed by atoms with Gasteiger partial charge in [0.25, 0.3) is 0 Å². The van der Waals surface area contributed by atoms with E-state index in [9.17, 15) is 9.90 Å². The van der Waals surface area contributed by atoms with Crippen molar-refractivity contribution < 1.29 is 14.6 Å². The minimum absolute atomic E-state index is 0.0899. The molecular formula is C18H22O3. The molecule has 1 aromatic rings. The maximum Gasteiger partial charge on any atom is 0.307 e. The lowest BCUT2D eigenvalue weighted by atomic mass is 9.45.